The molecule has 7 nitrogen and oxygen atoms in total. The first-order valence-corrected chi connectivity index (χ1v) is 11.9. The van der Waals surface area contributed by atoms with Crippen LogP contribution in [0.2, 0.25) is 0 Å². The van der Waals surface area contributed by atoms with Crippen LogP contribution in [0, 0.1) is 25.5 Å². The van der Waals surface area contributed by atoms with E-state index in [2.05, 4.69) is 21.1 Å². The molecule has 2 atom stereocenters. The number of rotatable bonds is 4. The third-order valence-corrected chi connectivity index (χ3v) is 7.13. The van der Waals surface area contributed by atoms with E-state index in [1.54, 1.807) is 4.90 Å². The number of anilines is 1. The molecule has 9 heteroatoms. The molecule has 1 N–H and O–H groups in total. The SMILES string of the molecule is Cc1noc(C)c1-c1ccc2c(c1)nc([C@@H]1CCC(=O)N1c1ccc(F)c(F)c1)n2C1CCNC1. The maximum absolute atomic E-state index is 14.1. The standard InChI is InChI=1S/C26H25F2N5O2/c1-14-25(15(2)35-31-14)16-3-6-22-21(11-16)30-26(33(22)18-9-10-29-13-18)23-7-8-24(34)32(23)17-4-5-19(27)20(28)12-17/h3-6,11-12,18,23,29H,7-10,13H2,1-2H3/t18?,23-/m0/s1. The van der Waals surface area contributed by atoms with Crippen molar-refractivity contribution in [3.63, 3.8) is 0 Å². The number of hydrogen-bond acceptors (Lipinski definition) is 5. The molecule has 2 aromatic carbocycles. The highest BCUT2D eigenvalue weighted by Crippen LogP contribution is 2.41. The van der Waals surface area contributed by atoms with E-state index in [4.69, 9.17) is 9.51 Å². The number of nitrogens with one attached hydrogen (secondary N) is 1. The van der Waals surface area contributed by atoms with Gasteiger partial charge in [-0.15, -0.1) is 0 Å². The van der Waals surface area contributed by atoms with Gasteiger partial charge >= 0.3 is 0 Å². The van der Waals surface area contributed by atoms with Crippen molar-refractivity contribution in [3.8, 4) is 11.1 Å². The van der Waals surface area contributed by atoms with Crippen LogP contribution in [0.4, 0.5) is 14.5 Å². The summed E-state index contributed by atoms with van der Waals surface area (Å²) in [6.07, 6.45) is 1.81. The Kier molecular flexibility index (Phi) is 5.17. The minimum Gasteiger partial charge on any atom is -0.361 e. The fraction of sp³-hybridized carbons (Fsp3) is 0.346. The van der Waals surface area contributed by atoms with E-state index in [0.717, 1.165) is 71.1 Å². The molecule has 2 aromatic heterocycles. The average Bonchev–Trinajstić information content (AvgIpc) is 3.61. The van der Waals surface area contributed by atoms with Gasteiger partial charge in [0.25, 0.3) is 0 Å². The van der Waals surface area contributed by atoms with E-state index in [-0.39, 0.29) is 18.0 Å². The number of amides is 1. The van der Waals surface area contributed by atoms with Crippen LogP contribution in [0.1, 0.15) is 48.6 Å². The van der Waals surface area contributed by atoms with E-state index in [0.29, 0.717) is 18.5 Å². The molecule has 180 valence electrons. The molecule has 0 radical (unpaired) electrons. The van der Waals surface area contributed by atoms with Gasteiger partial charge in [-0.2, -0.15) is 0 Å². The van der Waals surface area contributed by atoms with Gasteiger partial charge in [-0.05, 0) is 63.1 Å². The highest BCUT2D eigenvalue weighted by Gasteiger charge is 2.38. The van der Waals surface area contributed by atoms with E-state index in [1.165, 1.54) is 6.07 Å². The summed E-state index contributed by atoms with van der Waals surface area (Å²) in [5.41, 5.74) is 4.87. The van der Waals surface area contributed by atoms with E-state index in [1.807, 2.05) is 26.0 Å². The molecule has 0 aliphatic carbocycles. The number of fused-ring (bicyclic) bond motifs is 1. The highest BCUT2D eigenvalue weighted by atomic mass is 19.2. The first kappa shape index (κ1) is 21.9. The summed E-state index contributed by atoms with van der Waals surface area (Å²) < 4.78 is 35.3. The van der Waals surface area contributed by atoms with Crippen molar-refractivity contribution in [2.24, 2.45) is 0 Å². The van der Waals surface area contributed by atoms with Crippen LogP contribution >= 0.6 is 0 Å². The van der Waals surface area contributed by atoms with Crippen molar-refractivity contribution in [2.45, 2.75) is 45.2 Å². The Labute approximate surface area is 200 Å². The number of aromatic nitrogens is 3. The number of carbonyl (C=O) groups excluding carboxylic acids is 1. The molecule has 4 heterocycles. The molecule has 2 fully saturated rings. The lowest BCUT2D eigenvalue weighted by atomic mass is 10.0. The van der Waals surface area contributed by atoms with Gasteiger partial charge in [0.1, 0.15) is 11.6 Å². The molecular weight excluding hydrogens is 452 g/mol. The molecule has 0 spiro atoms. The van der Waals surface area contributed by atoms with Crippen molar-refractivity contribution >= 4 is 22.6 Å². The minimum atomic E-state index is -0.974. The maximum Gasteiger partial charge on any atom is 0.227 e. The highest BCUT2D eigenvalue weighted by molar-refractivity contribution is 5.96. The number of benzene rings is 2. The zero-order chi connectivity index (χ0) is 24.3. The Balaban J connectivity index is 1.51. The molecule has 0 saturated carbocycles. The molecule has 4 aromatic rings. The third-order valence-electron chi connectivity index (χ3n) is 7.13. The molecule has 2 aliphatic heterocycles. The van der Waals surface area contributed by atoms with Gasteiger partial charge < -0.3 is 19.3 Å². The van der Waals surface area contributed by atoms with Crippen LogP contribution in [-0.2, 0) is 4.79 Å². The Morgan fingerprint density at radius 3 is 2.66 bits per heavy atom. The predicted molar refractivity (Wildman–Crippen MR) is 127 cm³/mol. The van der Waals surface area contributed by atoms with Crippen LogP contribution in [0.5, 0.6) is 0 Å². The normalized spacial score (nSPS) is 20.5. The second-order valence-electron chi connectivity index (χ2n) is 9.31. The number of imidazole rings is 1. The largest absolute Gasteiger partial charge is 0.361 e. The predicted octanol–water partition coefficient (Wildman–Crippen LogP) is 4.99. The monoisotopic (exact) mass is 477 g/mol. The Morgan fingerprint density at radius 1 is 1.09 bits per heavy atom. The van der Waals surface area contributed by atoms with Crippen LogP contribution in [0.15, 0.2) is 40.9 Å². The van der Waals surface area contributed by atoms with Gasteiger partial charge in [-0.25, -0.2) is 13.8 Å². The van der Waals surface area contributed by atoms with Crippen LogP contribution < -0.4 is 10.2 Å². The van der Waals surface area contributed by atoms with Gasteiger partial charge in [0.2, 0.25) is 5.91 Å². The Hall–Kier alpha value is -3.59. The smallest absolute Gasteiger partial charge is 0.227 e. The Morgan fingerprint density at radius 2 is 1.94 bits per heavy atom. The number of carbonyl (C=O) groups is 1. The fourth-order valence-corrected chi connectivity index (χ4v) is 5.53. The second-order valence-corrected chi connectivity index (χ2v) is 9.31. The van der Waals surface area contributed by atoms with E-state index < -0.39 is 11.6 Å². The van der Waals surface area contributed by atoms with Gasteiger partial charge in [-0.3, -0.25) is 4.79 Å². The molecule has 35 heavy (non-hydrogen) atoms. The third kappa shape index (κ3) is 3.53. The van der Waals surface area contributed by atoms with Crippen molar-refractivity contribution in [1.29, 1.82) is 0 Å². The minimum absolute atomic E-state index is 0.124. The lowest BCUT2D eigenvalue weighted by molar-refractivity contribution is -0.117. The molecule has 1 unspecified atom stereocenters. The summed E-state index contributed by atoms with van der Waals surface area (Å²) in [7, 11) is 0. The average molecular weight is 478 g/mol. The van der Waals surface area contributed by atoms with Gasteiger partial charge in [-0.1, -0.05) is 11.2 Å². The summed E-state index contributed by atoms with van der Waals surface area (Å²) >= 11 is 0. The lowest BCUT2D eigenvalue weighted by Crippen LogP contribution is -2.30. The van der Waals surface area contributed by atoms with Crippen molar-refractivity contribution in [2.75, 3.05) is 18.0 Å². The summed E-state index contributed by atoms with van der Waals surface area (Å²) in [5, 5.41) is 7.49. The summed E-state index contributed by atoms with van der Waals surface area (Å²) in [5.74, 6) is -0.528. The first-order valence-electron chi connectivity index (χ1n) is 11.9. The summed E-state index contributed by atoms with van der Waals surface area (Å²) in [6, 6.07) is 9.55. The molecule has 6 rings (SSSR count). The van der Waals surface area contributed by atoms with Crippen molar-refractivity contribution in [1.82, 2.24) is 20.0 Å². The number of nitrogens with zero attached hydrogens (tertiary/aromatic N) is 4. The Bertz CT molecular complexity index is 1430. The van der Waals surface area contributed by atoms with Crippen LogP contribution in [0.25, 0.3) is 22.2 Å². The maximum atomic E-state index is 14.1. The summed E-state index contributed by atoms with van der Waals surface area (Å²) in [4.78, 5) is 19.5. The number of halogens is 2. The van der Waals surface area contributed by atoms with Gasteiger partial charge in [0, 0.05) is 36.3 Å². The summed E-state index contributed by atoms with van der Waals surface area (Å²) in [6.45, 7) is 5.50. The number of aryl methyl sites for hydroxylation is 2. The second kappa shape index (κ2) is 8.27. The molecule has 1 amide bonds. The van der Waals surface area contributed by atoms with Crippen molar-refractivity contribution in [3.05, 3.63) is 65.3 Å². The number of hydrogen-bond donors (Lipinski definition) is 1. The lowest BCUT2D eigenvalue weighted by Gasteiger charge is -2.27. The fourth-order valence-electron chi connectivity index (χ4n) is 5.53. The molecule has 0 bridgehead atoms. The van der Waals surface area contributed by atoms with E-state index >= 15 is 0 Å². The molecule has 2 saturated heterocycles. The van der Waals surface area contributed by atoms with Crippen molar-refractivity contribution < 1.29 is 18.1 Å². The molecular formula is C26H25F2N5O2. The van der Waals surface area contributed by atoms with Gasteiger partial charge in [0.15, 0.2) is 11.6 Å². The van der Waals surface area contributed by atoms with Crippen LogP contribution in [0.3, 0.4) is 0 Å². The van der Waals surface area contributed by atoms with Gasteiger partial charge in [0.05, 0.1) is 22.8 Å². The topological polar surface area (TPSA) is 76.2 Å². The van der Waals surface area contributed by atoms with E-state index in [9.17, 15) is 13.6 Å². The first-order chi connectivity index (χ1) is 16.9. The zero-order valence-electron chi connectivity index (χ0n) is 19.5. The quantitative estimate of drug-likeness (QED) is 0.448. The van der Waals surface area contributed by atoms with Crippen LogP contribution in [-0.4, -0.2) is 33.7 Å². The molecule has 2 aliphatic rings. The zero-order valence-corrected chi connectivity index (χ0v) is 19.5.